The molecule has 0 saturated carbocycles. The van der Waals surface area contributed by atoms with Gasteiger partial charge in [-0.3, -0.25) is 9.78 Å². The van der Waals surface area contributed by atoms with E-state index < -0.39 is 23.8 Å². The number of anilines is 1. The Morgan fingerprint density at radius 3 is 2.65 bits per heavy atom. The normalized spacial score (nSPS) is 16.7. The summed E-state index contributed by atoms with van der Waals surface area (Å²) in [5, 5.41) is 3.92. The van der Waals surface area contributed by atoms with Crippen LogP contribution in [0, 0.1) is 5.82 Å². The van der Waals surface area contributed by atoms with Crippen molar-refractivity contribution in [2.75, 3.05) is 25.5 Å². The molecule has 34 heavy (non-hydrogen) atoms. The van der Waals surface area contributed by atoms with Gasteiger partial charge in [-0.25, -0.2) is 13.2 Å². The highest BCUT2D eigenvalue weighted by molar-refractivity contribution is 5.93. The fourth-order valence-corrected chi connectivity index (χ4v) is 4.20. The molecule has 0 radical (unpaired) electrons. The van der Waals surface area contributed by atoms with E-state index in [0.29, 0.717) is 47.6 Å². The summed E-state index contributed by atoms with van der Waals surface area (Å²) in [6.07, 6.45) is -0.759. The highest BCUT2D eigenvalue weighted by Gasteiger charge is 2.27. The molecule has 2 atom stereocenters. The number of ether oxygens (including phenoxy) is 2. The molecule has 9 heteroatoms. The van der Waals surface area contributed by atoms with Crippen LogP contribution in [0.2, 0.25) is 0 Å². The maximum Gasteiger partial charge on any atom is 0.266 e. The number of hydrogen-bond donors (Lipinski definition) is 1. The van der Waals surface area contributed by atoms with Gasteiger partial charge in [0.2, 0.25) is 5.91 Å². The minimum atomic E-state index is -2.89. The van der Waals surface area contributed by atoms with Gasteiger partial charge in [0.1, 0.15) is 11.9 Å². The number of aromatic nitrogens is 1. The van der Waals surface area contributed by atoms with Crippen LogP contribution in [-0.2, 0) is 4.79 Å². The molecule has 3 aromatic rings. The summed E-state index contributed by atoms with van der Waals surface area (Å²) in [5.41, 5.74) is 0.786. The summed E-state index contributed by atoms with van der Waals surface area (Å²) >= 11 is 0. The molecule has 180 valence electrons. The SMILES string of the molecule is COc1cc2nccc(N[C@H](C)c3cccc(C(F)F)c3F)c2cc1O[C@H]1CCN(C(C)=O)C1. The molecule has 1 N–H and O–H groups in total. The predicted molar refractivity (Wildman–Crippen MR) is 123 cm³/mol. The number of carbonyl (C=O) groups is 1. The van der Waals surface area contributed by atoms with Crippen LogP contribution in [-0.4, -0.2) is 42.1 Å². The Kier molecular flexibility index (Phi) is 6.81. The van der Waals surface area contributed by atoms with E-state index >= 15 is 0 Å². The average molecular weight is 473 g/mol. The third-order valence-corrected chi connectivity index (χ3v) is 6.04. The number of methoxy groups -OCH3 is 1. The fourth-order valence-electron chi connectivity index (χ4n) is 4.20. The number of amides is 1. The number of alkyl halides is 2. The van der Waals surface area contributed by atoms with Gasteiger partial charge in [0.15, 0.2) is 11.5 Å². The topological polar surface area (TPSA) is 63.7 Å². The fraction of sp³-hybridized carbons (Fsp3) is 0.360. The quantitative estimate of drug-likeness (QED) is 0.492. The lowest BCUT2D eigenvalue weighted by atomic mass is 10.0. The number of carbonyl (C=O) groups excluding carboxylic acids is 1. The zero-order valence-electron chi connectivity index (χ0n) is 19.1. The van der Waals surface area contributed by atoms with Crippen LogP contribution in [0.15, 0.2) is 42.6 Å². The highest BCUT2D eigenvalue weighted by Crippen LogP contribution is 2.37. The molecule has 0 unspecified atom stereocenters. The average Bonchev–Trinajstić information content (AvgIpc) is 3.28. The van der Waals surface area contributed by atoms with Gasteiger partial charge >= 0.3 is 0 Å². The second kappa shape index (κ2) is 9.79. The second-order valence-corrected chi connectivity index (χ2v) is 8.29. The van der Waals surface area contributed by atoms with E-state index in [1.165, 1.54) is 26.2 Å². The summed E-state index contributed by atoms with van der Waals surface area (Å²) < 4.78 is 52.6. The molecule has 1 aliphatic heterocycles. The molecular formula is C25H26F3N3O3. The molecule has 1 saturated heterocycles. The first-order valence-electron chi connectivity index (χ1n) is 11.0. The number of likely N-dealkylation sites (tertiary alicyclic amines) is 1. The number of benzene rings is 2. The number of halogens is 3. The van der Waals surface area contributed by atoms with Gasteiger partial charge in [0, 0.05) is 48.8 Å². The van der Waals surface area contributed by atoms with E-state index in [-0.39, 0.29) is 17.6 Å². The molecule has 1 amide bonds. The lowest BCUT2D eigenvalue weighted by Crippen LogP contribution is -2.28. The number of nitrogens with one attached hydrogen (secondary N) is 1. The maximum absolute atomic E-state index is 14.7. The van der Waals surface area contributed by atoms with Crippen LogP contribution in [0.1, 0.15) is 43.9 Å². The number of nitrogens with zero attached hydrogens (tertiary/aromatic N) is 2. The first-order chi connectivity index (χ1) is 16.3. The van der Waals surface area contributed by atoms with E-state index in [0.717, 1.165) is 6.07 Å². The van der Waals surface area contributed by atoms with Crippen molar-refractivity contribution in [3.05, 3.63) is 59.5 Å². The van der Waals surface area contributed by atoms with Crippen LogP contribution >= 0.6 is 0 Å². The first kappa shape index (κ1) is 23.7. The van der Waals surface area contributed by atoms with Crippen molar-refractivity contribution >= 4 is 22.5 Å². The number of pyridine rings is 1. The van der Waals surface area contributed by atoms with Crippen LogP contribution in [0.25, 0.3) is 10.9 Å². The molecule has 1 aliphatic rings. The molecule has 0 aliphatic carbocycles. The molecule has 4 rings (SSSR count). The molecule has 1 fully saturated rings. The van der Waals surface area contributed by atoms with E-state index in [1.54, 1.807) is 36.2 Å². The summed E-state index contributed by atoms with van der Waals surface area (Å²) in [7, 11) is 1.54. The van der Waals surface area contributed by atoms with Crippen molar-refractivity contribution < 1.29 is 27.4 Å². The molecule has 0 bridgehead atoms. The molecule has 1 aromatic heterocycles. The van der Waals surface area contributed by atoms with E-state index in [9.17, 15) is 18.0 Å². The smallest absolute Gasteiger partial charge is 0.266 e. The monoisotopic (exact) mass is 473 g/mol. The minimum Gasteiger partial charge on any atom is -0.493 e. The van der Waals surface area contributed by atoms with Crippen molar-refractivity contribution in [3.8, 4) is 11.5 Å². The predicted octanol–water partition coefficient (Wildman–Crippen LogP) is 5.49. The molecule has 2 aromatic carbocycles. The van der Waals surface area contributed by atoms with E-state index in [2.05, 4.69) is 10.3 Å². The Bertz CT molecular complexity index is 1200. The van der Waals surface area contributed by atoms with Gasteiger partial charge in [0.25, 0.3) is 6.43 Å². The second-order valence-electron chi connectivity index (χ2n) is 8.29. The van der Waals surface area contributed by atoms with Gasteiger partial charge in [-0.2, -0.15) is 0 Å². The zero-order valence-corrected chi connectivity index (χ0v) is 19.1. The van der Waals surface area contributed by atoms with Gasteiger partial charge in [-0.15, -0.1) is 0 Å². The van der Waals surface area contributed by atoms with E-state index in [4.69, 9.17) is 9.47 Å². The van der Waals surface area contributed by atoms with Crippen LogP contribution in [0.5, 0.6) is 11.5 Å². The van der Waals surface area contributed by atoms with Crippen LogP contribution in [0.3, 0.4) is 0 Å². The highest BCUT2D eigenvalue weighted by atomic mass is 19.3. The summed E-state index contributed by atoms with van der Waals surface area (Å²) in [5.74, 6) is 0.0874. The van der Waals surface area contributed by atoms with Gasteiger partial charge in [-0.05, 0) is 19.1 Å². The molecular weight excluding hydrogens is 447 g/mol. The summed E-state index contributed by atoms with van der Waals surface area (Å²) in [4.78, 5) is 17.8. The Morgan fingerprint density at radius 2 is 1.97 bits per heavy atom. The van der Waals surface area contributed by atoms with Crippen molar-refractivity contribution in [2.45, 2.75) is 38.8 Å². The summed E-state index contributed by atoms with van der Waals surface area (Å²) in [6, 6.07) is 8.68. The maximum atomic E-state index is 14.7. The molecule has 0 spiro atoms. The van der Waals surface area contributed by atoms with E-state index in [1.807, 2.05) is 0 Å². The van der Waals surface area contributed by atoms with Crippen molar-refractivity contribution in [3.63, 3.8) is 0 Å². The number of fused-ring (bicyclic) bond motifs is 1. The standard InChI is InChI=1S/C25H26F3N3O3/c1-14(17-5-4-6-18(24(17)26)25(27)28)30-20-7-9-29-21-12-22(33-3)23(11-19(20)21)34-16-8-10-31(13-16)15(2)32/h4-7,9,11-12,14,16,25H,8,10,13H2,1-3H3,(H,29,30)/t14-,16+/m1/s1. The Balaban J connectivity index is 1.64. The Morgan fingerprint density at radius 1 is 1.21 bits per heavy atom. The van der Waals surface area contributed by atoms with Gasteiger partial charge < -0.3 is 19.7 Å². The third kappa shape index (κ3) is 4.73. The van der Waals surface area contributed by atoms with Gasteiger partial charge in [0.05, 0.1) is 30.8 Å². The molecule has 2 heterocycles. The lowest BCUT2D eigenvalue weighted by Gasteiger charge is -2.21. The minimum absolute atomic E-state index is 0.00407. The Hall–Kier alpha value is -3.49. The third-order valence-electron chi connectivity index (χ3n) is 6.04. The summed E-state index contributed by atoms with van der Waals surface area (Å²) in [6.45, 7) is 4.36. The van der Waals surface area contributed by atoms with Crippen molar-refractivity contribution in [1.82, 2.24) is 9.88 Å². The Labute approximate surface area is 195 Å². The van der Waals surface area contributed by atoms with Gasteiger partial charge in [-0.1, -0.05) is 18.2 Å². The number of rotatable bonds is 7. The lowest BCUT2D eigenvalue weighted by molar-refractivity contribution is -0.128. The number of hydrogen-bond acceptors (Lipinski definition) is 5. The molecule has 6 nitrogen and oxygen atoms in total. The first-order valence-corrected chi connectivity index (χ1v) is 11.0. The van der Waals surface area contributed by atoms with Crippen molar-refractivity contribution in [2.24, 2.45) is 0 Å². The van der Waals surface area contributed by atoms with Crippen LogP contribution < -0.4 is 14.8 Å². The van der Waals surface area contributed by atoms with Crippen molar-refractivity contribution in [1.29, 1.82) is 0 Å². The zero-order chi connectivity index (χ0) is 24.4. The van der Waals surface area contributed by atoms with Crippen LogP contribution in [0.4, 0.5) is 18.9 Å². The largest absolute Gasteiger partial charge is 0.493 e.